The van der Waals surface area contributed by atoms with Gasteiger partial charge in [0.1, 0.15) is 6.61 Å². The van der Waals surface area contributed by atoms with Gasteiger partial charge in [-0.05, 0) is 42.3 Å². The highest BCUT2D eigenvalue weighted by Crippen LogP contribution is 2.38. The lowest BCUT2D eigenvalue weighted by molar-refractivity contribution is -0.122. The van der Waals surface area contributed by atoms with Crippen LogP contribution in [0, 0.1) is 0 Å². The fourth-order valence-corrected chi connectivity index (χ4v) is 3.05. The Morgan fingerprint density at radius 3 is 2.83 bits per heavy atom. The minimum Gasteiger partial charge on any atom is -0.504 e. The van der Waals surface area contributed by atoms with Crippen LogP contribution in [0.1, 0.15) is 12.5 Å². The van der Waals surface area contributed by atoms with E-state index in [1.165, 1.54) is 0 Å². The van der Waals surface area contributed by atoms with E-state index in [4.69, 9.17) is 22.1 Å². The van der Waals surface area contributed by atoms with Crippen molar-refractivity contribution in [3.63, 3.8) is 0 Å². The minimum atomic E-state index is -0.406. The van der Waals surface area contributed by atoms with Crippen molar-refractivity contribution in [1.82, 2.24) is 4.90 Å². The lowest BCUT2D eigenvalue weighted by atomic mass is 10.0. The number of hydrogen-bond acceptors (Lipinski definition) is 4. The normalized spacial score (nSPS) is 15.9. The number of aromatic hydroxyl groups is 1. The van der Waals surface area contributed by atoms with Gasteiger partial charge in [-0.3, -0.25) is 9.69 Å². The first kappa shape index (κ1) is 16.6. The molecule has 24 heavy (non-hydrogen) atoms. The summed E-state index contributed by atoms with van der Waals surface area (Å²) in [5.41, 5.74) is 7.98. The smallest absolute Gasteiger partial charge is 0.234 e. The number of hydrogen-bond donors (Lipinski definition) is 2. The lowest BCUT2D eigenvalue weighted by Gasteiger charge is -2.24. The molecule has 3 rings (SSSR count). The largest absolute Gasteiger partial charge is 0.504 e. The van der Waals surface area contributed by atoms with Gasteiger partial charge in [0.2, 0.25) is 5.91 Å². The first-order chi connectivity index (χ1) is 11.5. The van der Waals surface area contributed by atoms with Crippen LogP contribution >= 0.6 is 11.6 Å². The Labute approximate surface area is 145 Å². The summed E-state index contributed by atoms with van der Waals surface area (Å²) in [5.74, 6) is 0.157. The zero-order valence-electron chi connectivity index (χ0n) is 13.3. The molecule has 0 unspecified atom stereocenters. The van der Waals surface area contributed by atoms with Crippen molar-refractivity contribution in [2.45, 2.75) is 19.5 Å². The summed E-state index contributed by atoms with van der Waals surface area (Å²) in [4.78, 5) is 13.4. The summed E-state index contributed by atoms with van der Waals surface area (Å²) < 4.78 is 5.68. The van der Waals surface area contributed by atoms with Crippen LogP contribution in [0.2, 0.25) is 5.02 Å². The van der Waals surface area contributed by atoms with Crippen LogP contribution in [-0.4, -0.2) is 35.1 Å². The van der Waals surface area contributed by atoms with Gasteiger partial charge in [-0.15, -0.1) is 0 Å². The Balaban J connectivity index is 2.01. The van der Waals surface area contributed by atoms with E-state index < -0.39 is 6.04 Å². The summed E-state index contributed by atoms with van der Waals surface area (Å²) >= 11 is 6.06. The molecule has 2 aromatic rings. The van der Waals surface area contributed by atoms with Crippen molar-refractivity contribution in [3.05, 3.63) is 47.0 Å². The fraction of sp³-hybridized carbons (Fsp3) is 0.278. The molecule has 0 aliphatic carbocycles. The van der Waals surface area contributed by atoms with Gasteiger partial charge in [0.25, 0.3) is 0 Å². The minimum absolute atomic E-state index is 0.0797. The average molecular weight is 347 g/mol. The molecule has 0 saturated heterocycles. The zero-order valence-corrected chi connectivity index (χ0v) is 14.1. The highest BCUT2D eigenvalue weighted by molar-refractivity contribution is 6.30. The summed E-state index contributed by atoms with van der Waals surface area (Å²) in [6.07, 6.45) is 0. The van der Waals surface area contributed by atoms with E-state index in [0.717, 1.165) is 16.7 Å². The number of carbonyl (C=O) groups excluding carboxylic acids is 1. The molecule has 0 aromatic heterocycles. The second-order valence-electron chi connectivity index (χ2n) is 5.89. The van der Waals surface area contributed by atoms with Crippen molar-refractivity contribution < 1.29 is 14.6 Å². The Morgan fingerprint density at radius 1 is 1.33 bits per heavy atom. The molecule has 3 N–H and O–H groups in total. The predicted molar refractivity (Wildman–Crippen MR) is 93.1 cm³/mol. The molecule has 6 heteroatoms. The number of nitrogens with zero attached hydrogens (tertiary/aromatic N) is 1. The van der Waals surface area contributed by atoms with Gasteiger partial charge in [-0.2, -0.15) is 0 Å². The van der Waals surface area contributed by atoms with E-state index in [0.29, 0.717) is 30.5 Å². The lowest BCUT2D eigenvalue weighted by Crippen LogP contribution is -2.43. The third-order valence-corrected chi connectivity index (χ3v) is 4.50. The van der Waals surface area contributed by atoms with E-state index in [9.17, 15) is 9.90 Å². The van der Waals surface area contributed by atoms with E-state index in [1.807, 2.05) is 29.2 Å². The van der Waals surface area contributed by atoms with Gasteiger partial charge < -0.3 is 15.6 Å². The second-order valence-corrected chi connectivity index (χ2v) is 6.33. The molecule has 5 nitrogen and oxygen atoms in total. The molecule has 1 amide bonds. The maximum absolute atomic E-state index is 11.5. The molecule has 2 aromatic carbocycles. The van der Waals surface area contributed by atoms with Gasteiger partial charge >= 0.3 is 0 Å². The molecule has 0 fully saturated rings. The fourth-order valence-electron chi connectivity index (χ4n) is 2.86. The van der Waals surface area contributed by atoms with Gasteiger partial charge in [0, 0.05) is 23.7 Å². The predicted octanol–water partition coefficient (Wildman–Crippen LogP) is 2.78. The number of fused-ring (bicyclic) bond motifs is 1. The average Bonchev–Trinajstić information content (AvgIpc) is 2.76. The van der Waals surface area contributed by atoms with Crippen molar-refractivity contribution in [2.75, 3.05) is 13.2 Å². The molecule has 0 saturated carbocycles. The van der Waals surface area contributed by atoms with Crippen molar-refractivity contribution in [2.24, 2.45) is 5.73 Å². The monoisotopic (exact) mass is 346 g/mol. The van der Waals surface area contributed by atoms with Crippen LogP contribution in [-0.2, 0) is 11.3 Å². The number of primary amides is 1. The molecular formula is C18H19ClN2O3. The van der Waals surface area contributed by atoms with Gasteiger partial charge in [0.05, 0.1) is 6.04 Å². The highest BCUT2D eigenvalue weighted by atomic mass is 35.5. The van der Waals surface area contributed by atoms with E-state index in [1.54, 1.807) is 19.1 Å². The maximum atomic E-state index is 11.5. The summed E-state index contributed by atoms with van der Waals surface area (Å²) in [5, 5.41) is 11.0. The highest BCUT2D eigenvalue weighted by Gasteiger charge is 2.25. The number of phenols is 1. The Bertz CT molecular complexity index is 779. The van der Waals surface area contributed by atoms with Crippen LogP contribution in [0.3, 0.4) is 0 Å². The third kappa shape index (κ3) is 3.32. The molecule has 0 bridgehead atoms. The van der Waals surface area contributed by atoms with E-state index >= 15 is 0 Å². The molecule has 1 heterocycles. The quantitative estimate of drug-likeness (QED) is 0.896. The summed E-state index contributed by atoms with van der Waals surface area (Å²) in [6, 6.07) is 10.6. The summed E-state index contributed by atoms with van der Waals surface area (Å²) in [6.45, 7) is 3.19. The molecule has 126 valence electrons. The van der Waals surface area contributed by atoms with Crippen molar-refractivity contribution >= 4 is 17.5 Å². The molecule has 1 atom stereocenters. The van der Waals surface area contributed by atoms with Crippen molar-refractivity contribution in [1.29, 1.82) is 0 Å². The third-order valence-electron chi connectivity index (χ3n) is 4.26. The number of carbonyl (C=O) groups is 1. The van der Waals surface area contributed by atoms with E-state index in [-0.39, 0.29) is 11.7 Å². The number of benzene rings is 2. The molecular weight excluding hydrogens is 328 g/mol. The van der Waals surface area contributed by atoms with Crippen LogP contribution in [0.4, 0.5) is 0 Å². The summed E-state index contributed by atoms with van der Waals surface area (Å²) in [7, 11) is 0. The van der Waals surface area contributed by atoms with Crippen LogP contribution in [0.25, 0.3) is 11.1 Å². The topological polar surface area (TPSA) is 75.8 Å². The number of rotatable bonds is 3. The number of nitrogens with two attached hydrogens (primary N) is 1. The molecule has 1 aliphatic rings. The molecule has 1 aliphatic heterocycles. The molecule has 0 radical (unpaired) electrons. The number of ether oxygens (including phenoxy) is 1. The van der Waals surface area contributed by atoms with Crippen LogP contribution < -0.4 is 10.5 Å². The van der Waals surface area contributed by atoms with Crippen molar-refractivity contribution in [3.8, 4) is 22.6 Å². The number of halogens is 1. The first-order valence-corrected chi connectivity index (χ1v) is 8.11. The molecule has 0 spiro atoms. The Hall–Kier alpha value is -2.24. The number of phenolic OH excluding ortho intramolecular Hbond substituents is 1. The Kier molecular flexibility index (Phi) is 4.64. The van der Waals surface area contributed by atoms with Crippen LogP contribution in [0.5, 0.6) is 11.5 Å². The standard InChI is InChI=1S/C18H19ClN2O3/c1-11(18(20)23)21-5-6-24-17-14(10-21)7-13(9-16(17)22)12-3-2-4-15(19)8-12/h2-4,7-9,11,22H,5-6,10H2,1H3,(H2,20,23)/t11-/m1/s1. The first-order valence-electron chi connectivity index (χ1n) is 7.73. The van der Waals surface area contributed by atoms with Gasteiger partial charge in [-0.25, -0.2) is 0 Å². The number of amides is 1. The second kappa shape index (κ2) is 6.71. The Morgan fingerprint density at radius 2 is 2.12 bits per heavy atom. The van der Waals surface area contributed by atoms with E-state index in [2.05, 4.69) is 0 Å². The van der Waals surface area contributed by atoms with Crippen LogP contribution in [0.15, 0.2) is 36.4 Å². The maximum Gasteiger partial charge on any atom is 0.234 e. The van der Waals surface area contributed by atoms with Gasteiger partial charge in [0.15, 0.2) is 11.5 Å². The van der Waals surface area contributed by atoms with Gasteiger partial charge in [-0.1, -0.05) is 23.7 Å². The zero-order chi connectivity index (χ0) is 17.3. The SMILES string of the molecule is C[C@H](C(N)=O)N1CCOc2c(O)cc(-c3cccc(Cl)c3)cc2C1.